The summed E-state index contributed by atoms with van der Waals surface area (Å²) in [7, 11) is 0. The molecule has 34 heavy (non-hydrogen) atoms. The largest absolute Gasteiger partial charge is 0.494 e. The fourth-order valence-electron chi connectivity index (χ4n) is 3.99. The van der Waals surface area contributed by atoms with Gasteiger partial charge in [0.05, 0.1) is 18.7 Å². The molecule has 1 heterocycles. The van der Waals surface area contributed by atoms with Crippen molar-refractivity contribution < 1.29 is 19.1 Å². The molecular formula is C27H27N3O4. The van der Waals surface area contributed by atoms with E-state index in [4.69, 9.17) is 4.74 Å². The van der Waals surface area contributed by atoms with E-state index in [0.29, 0.717) is 36.7 Å². The maximum Gasteiger partial charge on any atom is 0.332 e. The van der Waals surface area contributed by atoms with Gasteiger partial charge in [-0.2, -0.15) is 0 Å². The first-order valence-electron chi connectivity index (χ1n) is 11.3. The van der Waals surface area contributed by atoms with Gasteiger partial charge in [0.15, 0.2) is 0 Å². The van der Waals surface area contributed by atoms with E-state index in [1.807, 2.05) is 43.3 Å². The first-order chi connectivity index (χ1) is 16.6. The second-order valence-corrected chi connectivity index (χ2v) is 7.95. The average Bonchev–Trinajstić information content (AvgIpc) is 3.09. The fourth-order valence-corrected chi connectivity index (χ4v) is 3.99. The molecule has 4 amide bonds. The van der Waals surface area contributed by atoms with Crippen LogP contribution in [0.4, 0.5) is 16.2 Å². The Bertz CT molecular complexity index is 1130. The van der Waals surface area contributed by atoms with Crippen molar-refractivity contribution in [1.82, 2.24) is 4.90 Å². The second-order valence-electron chi connectivity index (χ2n) is 7.95. The fraction of sp³-hybridized carbons (Fsp3) is 0.222. The summed E-state index contributed by atoms with van der Waals surface area (Å²) in [5.41, 5.74) is 2.15. The van der Waals surface area contributed by atoms with Crippen LogP contribution in [0.1, 0.15) is 18.9 Å². The number of amides is 4. The molecule has 0 bridgehead atoms. The summed E-state index contributed by atoms with van der Waals surface area (Å²) in [5, 5.41) is 2.82. The molecule has 1 saturated heterocycles. The summed E-state index contributed by atoms with van der Waals surface area (Å²) in [6.45, 7) is 2.79. The molecule has 0 saturated carbocycles. The van der Waals surface area contributed by atoms with Crippen LogP contribution < -0.4 is 15.0 Å². The lowest BCUT2D eigenvalue weighted by Gasteiger charge is -2.21. The highest BCUT2D eigenvalue weighted by Gasteiger charge is 2.46. The Labute approximate surface area is 198 Å². The number of nitrogens with one attached hydrogen (secondary N) is 1. The zero-order valence-electron chi connectivity index (χ0n) is 19.0. The number of hydrogen-bond donors (Lipinski definition) is 1. The molecule has 0 spiro atoms. The normalized spacial score (nSPS) is 15.5. The van der Waals surface area contributed by atoms with Gasteiger partial charge in [0.1, 0.15) is 11.8 Å². The van der Waals surface area contributed by atoms with Crippen LogP contribution in [0.2, 0.25) is 0 Å². The number of ether oxygens (including phenoxy) is 1. The number of carbonyl (C=O) groups excluding carboxylic acids is 3. The van der Waals surface area contributed by atoms with Crippen LogP contribution in [0.25, 0.3) is 0 Å². The van der Waals surface area contributed by atoms with Crippen LogP contribution in [0, 0.1) is 0 Å². The Morgan fingerprint density at radius 2 is 1.56 bits per heavy atom. The van der Waals surface area contributed by atoms with Gasteiger partial charge in [0.25, 0.3) is 5.91 Å². The van der Waals surface area contributed by atoms with Crippen molar-refractivity contribution in [3.63, 3.8) is 0 Å². The molecule has 0 aliphatic carbocycles. The number of rotatable bonds is 9. The predicted molar refractivity (Wildman–Crippen MR) is 131 cm³/mol. The van der Waals surface area contributed by atoms with E-state index in [1.165, 1.54) is 9.80 Å². The molecule has 1 atom stereocenters. The molecule has 3 aromatic rings. The molecule has 3 aromatic carbocycles. The van der Waals surface area contributed by atoms with Crippen LogP contribution in [0.5, 0.6) is 5.75 Å². The Hall–Kier alpha value is -4.13. The quantitative estimate of drug-likeness (QED) is 0.480. The molecule has 0 aromatic heterocycles. The monoisotopic (exact) mass is 457 g/mol. The Morgan fingerprint density at radius 1 is 0.912 bits per heavy atom. The van der Waals surface area contributed by atoms with Crippen molar-refractivity contribution in [2.24, 2.45) is 0 Å². The topological polar surface area (TPSA) is 79.0 Å². The number of benzene rings is 3. The minimum atomic E-state index is -0.876. The number of imide groups is 1. The Kier molecular flexibility index (Phi) is 7.22. The van der Waals surface area contributed by atoms with Crippen molar-refractivity contribution in [2.45, 2.75) is 25.8 Å². The lowest BCUT2D eigenvalue weighted by Crippen LogP contribution is -2.39. The number of urea groups is 1. The number of nitrogens with zero attached hydrogens (tertiary/aromatic N) is 2. The summed E-state index contributed by atoms with van der Waals surface area (Å²) >= 11 is 0. The van der Waals surface area contributed by atoms with E-state index < -0.39 is 18.0 Å². The van der Waals surface area contributed by atoms with E-state index in [1.54, 1.807) is 48.5 Å². The number of para-hydroxylation sites is 1. The molecule has 174 valence electrons. The highest BCUT2D eigenvalue weighted by atomic mass is 16.5. The smallest absolute Gasteiger partial charge is 0.332 e. The number of carbonyl (C=O) groups is 3. The zero-order chi connectivity index (χ0) is 23.9. The third-order valence-corrected chi connectivity index (χ3v) is 5.65. The summed E-state index contributed by atoms with van der Waals surface area (Å²) in [6, 6.07) is 24.3. The summed E-state index contributed by atoms with van der Waals surface area (Å²) in [5.74, 6) is -0.0244. The highest BCUT2D eigenvalue weighted by Crippen LogP contribution is 2.27. The van der Waals surface area contributed by atoms with Gasteiger partial charge in [-0.25, -0.2) is 9.69 Å². The van der Waals surface area contributed by atoms with Crippen LogP contribution >= 0.6 is 0 Å². The van der Waals surface area contributed by atoms with Gasteiger partial charge in [-0.1, -0.05) is 48.5 Å². The minimum Gasteiger partial charge on any atom is -0.494 e. The van der Waals surface area contributed by atoms with E-state index in [0.717, 1.165) is 5.56 Å². The first-order valence-corrected chi connectivity index (χ1v) is 11.3. The van der Waals surface area contributed by atoms with Gasteiger partial charge in [-0.05, 0) is 55.3 Å². The zero-order valence-corrected chi connectivity index (χ0v) is 19.0. The molecule has 1 fully saturated rings. The van der Waals surface area contributed by atoms with Crippen LogP contribution in [0.15, 0.2) is 84.9 Å². The second kappa shape index (κ2) is 10.7. The molecule has 0 radical (unpaired) electrons. The summed E-state index contributed by atoms with van der Waals surface area (Å²) in [4.78, 5) is 42.1. The van der Waals surface area contributed by atoms with Gasteiger partial charge < -0.3 is 15.0 Å². The first kappa shape index (κ1) is 23.0. The van der Waals surface area contributed by atoms with Crippen molar-refractivity contribution in [3.05, 3.63) is 90.5 Å². The molecule has 1 N–H and O–H groups in total. The standard InChI is InChI=1S/C27H27N3O4/c1-2-34-23-15-13-21(14-16-23)28-25(31)19-24-26(32)30(22-11-7-4-8-12-22)27(33)29(24)18-17-20-9-5-3-6-10-20/h3-16,24H,2,17-19H2,1H3,(H,28,31)/t24-/m0/s1. The molecule has 7 heteroatoms. The molecule has 7 nitrogen and oxygen atoms in total. The average molecular weight is 458 g/mol. The predicted octanol–water partition coefficient (Wildman–Crippen LogP) is 4.49. The van der Waals surface area contributed by atoms with Crippen molar-refractivity contribution in [2.75, 3.05) is 23.4 Å². The Morgan fingerprint density at radius 3 is 2.21 bits per heavy atom. The maximum absolute atomic E-state index is 13.3. The van der Waals surface area contributed by atoms with Gasteiger partial charge in [0, 0.05) is 12.2 Å². The Balaban J connectivity index is 1.50. The van der Waals surface area contributed by atoms with Gasteiger partial charge in [0.2, 0.25) is 5.91 Å². The summed E-state index contributed by atoms with van der Waals surface area (Å²) < 4.78 is 5.42. The molecule has 1 aliphatic rings. The molecule has 0 unspecified atom stereocenters. The maximum atomic E-state index is 13.3. The molecular weight excluding hydrogens is 430 g/mol. The van der Waals surface area contributed by atoms with E-state index in [-0.39, 0.29) is 12.3 Å². The van der Waals surface area contributed by atoms with E-state index in [2.05, 4.69) is 5.32 Å². The van der Waals surface area contributed by atoms with E-state index in [9.17, 15) is 14.4 Å². The number of anilines is 2. The lowest BCUT2D eigenvalue weighted by molar-refractivity contribution is -0.124. The van der Waals surface area contributed by atoms with Gasteiger partial charge >= 0.3 is 6.03 Å². The summed E-state index contributed by atoms with van der Waals surface area (Å²) in [6.07, 6.45) is 0.454. The minimum absolute atomic E-state index is 0.129. The molecule has 4 rings (SSSR count). The van der Waals surface area contributed by atoms with Gasteiger partial charge in [-0.3, -0.25) is 9.59 Å². The number of hydrogen-bond acceptors (Lipinski definition) is 4. The van der Waals surface area contributed by atoms with Crippen LogP contribution in [0.3, 0.4) is 0 Å². The SMILES string of the molecule is CCOc1ccc(NC(=O)C[C@H]2C(=O)N(c3ccccc3)C(=O)N2CCc2ccccc2)cc1. The van der Waals surface area contributed by atoms with E-state index >= 15 is 0 Å². The third kappa shape index (κ3) is 5.26. The van der Waals surface area contributed by atoms with Crippen LogP contribution in [-0.2, 0) is 16.0 Å². The van der Waals surface area contributed by atoms with Crippen molar-refractivity contribution in [1.29, 1.82) is 0 Å². The van der Waals surface area contributed by atoms with Gasteiger partial charge in [-0.15, -0.1) is 0 Å². The lowest BCUT2D eigenvalue weighted by atomic mass is 10.1. The van der Waals surface area contributed by atoms with Crippen molar-refractivity contribution >= 4 is 29.2 Å². The van der Waals surface area contributed by atoms with Crippen LogP contribution in [-0.4, -0.2) is 41.9 Å². The van der Waals surface area contributed by atoms with Crippen molar-refractivity contribution in [3.8, 4) is 5.75 Å². The highest BCUT2D eigenvalue weighted by molar-refractivity contribution is 6.22. The third-order valence-electron chi connectivity index (χ3n) is 5.65. The molecule has 1 aliphatic heterocycles.